The van der Waals surface area contributed by atoms with E-state index in [-0.39, 0.29) is 6.54 Å². The van der Waals surface area contributed by atoms with Gasteiger partial charge in [0, 0.05) is 6.54 Å². The van der Waals surface area contributed by atoms with Crippen molar-refractivity contribution in [3.05, 3.63) is 35.4 Å². The third-order valence-electron chi connectivity index (χ3n) is 3.15. The predicted octanol–water partition coefficient (Wildman–Crippen LogP) is 2.86. The molecular formula is C16H23NO4. The van der Waals surface area contributed by atoms with Gasteiger partial charge < -0.3 is 15.2 Å². The number of carbonyl (C=O) groups excluding carboxylic acids is 1. The van der Waals surface area contributed by atoms with E-state index in [1.807, 2.05) is 19.1 Å². The van der Waals surface area contributed by atoms with Crippen LogP contribution in [0.3, 0.4) is 0 Å². The smallest absolute Gasteiger partial charge is 0.407 e. The fourth-order valence-electron chi connectivity index (χ4n) is 1.79. The molecule has 0 aliphatic carbocycles. The predicted molar refractivity (Wildman–Crippen MR) is 80.4 cm³/mol. The number of carbonyl (C=O) groups is 2. The van der Waals surface area contributed by atoms with Crippen LogP contribution < -0.4 is 5.32 Å². The van der Waals surface area contributed by atoms with Crippen LogP contribution in [0.25, 0.3) is 0 Å². The van der Waals surface area contributed by atoms with Crippen molar-refractivity contribution in [3.63, 3.8) is 0 Å². The quantitative estimate of drug-likeness (QED) is 0.895. The highest BCUT2D eigenvalue weighted by atomic mass is 16.6. The average molecular weight is 293 g/mol. The van der Waals surface area contributed by atoms with Crippen molar-refractivity contribution in [1.82, 2.24) is 5.32 Å². The number of benzene rings is 1. The first-order valence-corrected chi connectivity index (χ1v) is 6.82. The van der Waals surface area contributed by atoms with Crippen molar-refractivity contribution in [1.29, 1.82) is 0 Å². The molecule has 0 radical (unpaired) electrons. The van der Waals surface area contributed by atoms with Gasteiger partial charge in [-0.05, 0) is 40.2 Å². The van der Waals surface area contributed by atoms with Gasteiger partial charge in [0.25, 0.3) is 0 Å². The normalized spacial score (nSPS) is 14.1. The van der Waals surface area contributed by atoms with Gasteiger partial charge in [0.2, 0.25) is 0 Å². The summed E-state index contributed by atoms with van der Waals surface area (Å²) in [4.78, 5) is 23.3. The lowest BCUT2D eigenvalue weighted by atomic mass is 9.82. The first-order valence-electron chi connectivity index (χ1n) is 6.82. The SMILES string of the molecule is Cc1ccc(C(C)(CNC(=O)OC(C)(C)C)C(=O)O)cc1. The maximum atomic E-state index is 11.7. The van der Waals surface area contributed by atoms with E-state index in [0.29, 0.717) is 5.56 Å². The first kappa shape index (κ1) is 17.0. The summed E-state index contributed by atoms with van der Waals surface area (Å²) in [5.41, 5.74) is -0.138. The van der Waals surface area contributed by atoms with Gasteiger partial charge in [-0.15, -0.1) is 0 Å². The number of ether oxygens (including phenoxy) is 1. The van der Waals surface area contributed by atoms with Crippen molar-refractivity contribution in [2.24, 2.45) is 0 Å². The summed E-state index contributed by atoms with van der Waals surface area (Å²) in [6, 6.07) is 7.23. The Bertz CT molecular complexity index is 516. The van der Waals surface area contributed by atoms with Crippen LogP contribution in [0, 0.1) is 6.92 Å². The van der Waals surface area contributed by atoms with E-state index in [1.54, 1.807) is 39.8 Å². The Hall–Kier alpha value is -2.04. The van der Waals surface area contributed by atoms with Gasteiger partial charge in [-0.2, -0.15) is 0 Å². The highest BCUT2D eigenvalue weighted by molar-refractivity contribution is 5.82. The zero-order valence-electron chi connectivity index (χ0n) is 13.2. The zero-order chi connectivity index (χ0) is 16.3. The molecule has 5 heteroatoms. The molecule has 0 saturated heterocycles. The van der Waals surface area contributed by atoms with Crippen LogP contribution in [0.1, 0.15) is 38.8 Å². The van der Waals surface area contributed by atoms with Crippen molar-refractivity contribution >= 4 is 12.1 Å². The number of hydrogen-bond donors (Lipinski definition) is 2. The molecule has 1 rings (SSSR count). The van der Waals surface area contributed by atoms with Crippen molar-refractivity contribution in [2.75, 3.05) is 6.54 Å². The van der Waals surface area contributed by atoms with Crippen LogP contribution in [0.4, 0.5) is 4.79 Å². The Balaban J connectivity index is 2.85. The minimum Gasteiger partial charge on any atom is -0.481 e. The maximum Gasteiger partial charge on any atom is 0.407 e. The largest absolute Gasteiger partial charge is 0.481 e. The molecule has 1 atom stereocenters. The third kappa shape index (κ3) is 4.77. The second kappa shape index (κ2) is 6.16. The minimum absolute atomic E-state index is 0.0414. The van der Waals surface area contributed by atoms with Crippen LogP contribution in [0.5, 0.6) is 0 Å². The lowest BCUT2D eigenvalue weighted by molar-refractivity contribution is -0.143. The van der Waals surface area contributed by atoms with Gasteiger partial charge >= 0.3 is 12.1 Å². The molecule has 0 heterocycles. The summed E-state index contributed by atoms with van der Waals surface area (Å²) in [6.45, 7) is 8.73. The minimum atomic E-state index is -1.20. The molecule has 2 N–H and O–H groups in total. The molecule has 1 aromatic rings. The lowest BCUT2D eigenvalue weighted by Gasteiger charge is -2.27. The van der Waals surface area contributed by atoms with Crippen molar-refractivity contribution < 1.29 is 19.4 Å². The van der Waals surface area contributed by atoms with Crippen LogP contribution in [0.15, 0.2) is 24.3 Å². The molecule has 0 aliphatic heterocycles. The van der Waals surface area contributed by atoms with Gasteiger partial charge in [0.1, 0.15) is 11.0 Å². The monoisotopic (exact) mass is 293 g/mol. The van der Waals surface area contributed by atoms with Gasteiger partial charge in [0.05, 0.1) is 0 Å². The highest BCUT2D eigenvalue weighted by Gasteiger charge is 2.36. The van der Waals surface area contributed by atoms with E-state index in [0.717, 1.165) is 5.56 Å². The summed E-state index contributed by atoms with van der Waals surface area (Å²) in [5, 5.41) is 12.0. The van der Waals surface area contributed by atoms with Gasteiger partial charge in [-0.3, -0.25) is 4.79 Å². The molecule has 0 aliphatic rings. The van der Waals surface area contributed by atoms with Crippen molar-refractivity contribution in [2.45, 2.75) is 45.6 Å². The molecule has 0 spiro atoms. The molecule has 0 fully saturated rings. The summed E-state index contributed by atoms with van der Waals surface area (Å²) in [6.07, 6.45) is -0.623. The molecule has 1 unspecified atom stereocenters. The second-order valence-corrected chi connectivity index (χ2v) is 6.36. The number of alkyl carbamates (subject to hydrolysis) is 1. The Morgan fingerprint density at radius 3 is 2.10 bits per heavy atom. The molecule has 21 heavy (non-hydrogen) atoms. The number of aryl methyl sites for hydroxylation is 1. The lowest BCUT2D eigenvalue weighted by Crippen LogP contribution is -2.45. The van der Waals surface area contributed by atoms with Crippen LogP contribution in [0.2, 0.25) is 0 Å². The Kier molecular flexibility index (Phi) is 4.99. The van der Waals surface area contributed by atoms with Gasteiger partial charge in [0.15, 0.2) is 0 Å². The molecule has 0 saturated carbocycles. The van der Waals surface area contributed by atoms with E-state index in [4.69, 9.17) is 4.74 Å². The summed E-state index contributed by atoms with van der Waals surface area (Å²) in [7, 11) is 0. The van der Waals surface area contributed by atoms with E-state index < -0.39 is 23.1 Å². The van der Waals surface area contributed by atoms with Crippen LogP contribution in [-0.2, 0) is 14.9 Å². The molecule has 5 nitrogen and oxygen atoms in total. The molecular weight excluding hydrogens is 270 g/mol. The van der Waals surface area contributed by atoms with E-state index >= 15 is 0 Å². The third-order valence-corrected chi connectivity index (χ3v) is 3.15. The standard InChI is InChI=1S/C16H23NO4/c1-11-6-8-12(9-7-11)16(5,13(18)19)10-17-14(20)21-15(2,3)4/h6-9H,10H2,1-5H3,(H,17,20)(H,18,19). The highest BCUT2D eigenvalue weighted by Crippen LogP contribution is 2.24. The Morgan fingerprint density at radius 2 is 1.67 bits per heavy atom. The number of aliphatic carboxylic acids is 1. The van der Waals surface area contributed by atoms with E-state index in [9.17, 15) is 14.7 Å². The topological polar surface area (TPSA) is 75.6 Å². The molecule has 1 amide bonds. The summed E-state index contributed by atoms with van der Waals surface area (Å²) < 4.78 is 5.12. The van der Waals surface area contributed by atoms with E-state index in [2.05, 4.69) is 5.32 Å². The average Bonchev–Trinajstić information content (AvgIpc) is 2.34. The Morgan fingerprint density at radius 1 is 1.14 bits per heavy atom. The Labute approximate surface area is 125 Å². The van der Waals surface area contributed by atoms with Crippen molar-refractivity contribution in [3.8, 4) is 0 Å². The zero-order valence-corrected chi connectivity index (χ0v) is 13.2. The summed E-state index contributed by atoms with van der Waals surface area (Å²) >= 11 is 0. The molecule has 1 aromatic carbocycles. The summed E-state index contributed by atoms with van der Waals surface area (Å²) in [5.74, 6) is -0.998. The molecule has 0 bridgehead atoms. The first-order chi connectivity index (χ1) is 9.54. The number of amides is 1. The van der Waals surface area contributed by atoms with Crippen LogP contribution in [-0.4, -0.2) is 29.3 Å². The number of carboxylic acid groups (broad SMARTS) is 1. The number of nitrogens with one attached hydrogen (secondary N) is 1. The fourth-order valence-corrected chi connectivity index (χ4v) is 1.79. The van der Waals surface area contributed by atoms with E-state index in [1.165, 1.54) is 0 Å². The molecule has 116 valence electrons. The van der Waals surface area contributed by atoms with Gasteiger partial charge in [-0.25, -0.2) is 4.79 Å². The number of carboxylic acids is 1. The maximum absolute atomic E-state index is 11.7. The number of rotatable bonds is 4. The fraction of sp³-hybridized carbons (Fsp3) is 0.500. The van der Waals surface area contributed by atoms with Gasteiger partial charge in [-0.1, -0.05) is 29.8 Å². The van der Waals surface area contributed by atoms with Crippen LogP contribution >= 0.6 is 0 Å². The second-order valence-electron chi connectivity index (χ2n) is 6.36. The molecule has 0 aromatic heterocycles. The number of hydrogen-bond acceptors (Lipinski definition) is 3.